The predicted molar refractivity (Wildman–Crippen MR) is 129 cm³/mol. The van der Waals surface area contributed by atoms with Crippen LogP contribution in [0.5, 0.6) is 0 Å². The van der Waals surface area contributed by atoms with Gasteiger partial charge in [0, 0.05) is 13.0 Å². The van der Waals surface area contributed by atoms with Gasteiger partial charge in [0.05, 0.1) is 11.9 Å². The molecule has 33 heavy (non-hydrogen) atoms. The topological polar surface area (TPSA) is 104 Å². The van der Waals surface area contributed by atoms with Gasteiger partial charge in [0.1, 0.15) is 0 Å². The fraction of sp³-hybridized carbons (Fsp3) is 0.962. The number of carbonyl (C=O) groups excluding carboxylic acids is 1. The number of amides is 1. The van der Waals surface area contributed by atoms with Crippen LogP contribution in [0.4, 0.5) is 0 Å². The Hall–Kier alpha value is -0.660. The third kappa shape index (κ3) is 4.88. The minimum atomic E-state index is -4.05. The van der Waals surface area contributed by atoms with Crippen molar-refractivity contribution in [3.8, 4) is 0 Å². The lowest BCUT2D eigenvalue weighted by molar-refractivity contribution is -0.164. The average Bonchev–Trinajstić information content (AvgIpc) is 3.08. The van der Waals surface area contributed by atoms with Crippen LogP contribution in [-0.2, 0) is 14.9 Å². The summed E-state index contributed by atoms with van der Waals surface area (Å²) in [5, 5.41) is 14.0. The molecule has 0 unspecified atom stereocenters. The summed E-state index contributed by atoms with van der Waals surface area (Å²) in [5.74, 6) is 2.77. The van der Waals surface area contributed by atoms with Crippen LogP contribution in [0.1, 0.15) is 91.4 Å². The van der Waals surface area contributed by atoms with Crippen molar-refractivity contribution < 1.29 is 22.9 Å². The Morgan fingerprint density at radius 1 is 1.06 bits per heavy atom. The number of hydrogen-bond acceptors (Lipinski definition) is 4. The van der Waals surface area contributed by atoms with Crippen LogP contribution < -0.4 is 5.32 Å². The molecule has 7 heteroatoms. The zero-order valence-corrected chi connectivity index (χ0v) is 21.6. The predicted octanol–water partition coefficient (Wildman–Crippen LogP) is 4.43. The van der Waals surface area contributed by atoms with Crippen molar-refractivity contribution in [2.24, 2.45) is 46.3 Å². The van der Waals surface area contributed by atoms with Crippen LogP contribution in [-0.4, -0.2) is 42.4 Å². The molecule has 3 N–H and O–H groups in total. The van der Waals surface area contributed by atoms with E-state index in [1.807, 2.05) is 0 Å². The Morgan fingerprint density at radius 2 is 1.79 bits per heavy atom. The molecule has 0 aliphatic heterocycles. The minimum Gasteiger partial charge on any atom is -0.393 e. The highest BCUT2D eigenvalue weighted by Gasteiger charge is 2.62. The molecule has 0 aromatic rings. The van der Waals surface area contributed by atoms with E-state index >= 15 is 0 Å². The number of nitrogens with one attached hydrogen (secondary N) is 1. The van der Waals surface area contributed by atoms with Crippen LogP contribution in [0.3, 0.4) is 0 Å². The highest BCUT2D eigenvalue weighted by Crippen LogP contribution is 2.68. The van der Waals surface area contributed by atoms with Gasteiger partial charge in [-0.15, -0.1) is 0 Å². The maximum absolute atomic E-state index is 12.2. The Labute approximate surface area is 200 Å². The monoisotopic (exact) mass is 483 g/mol. The number of carbonyl (C=O) groups is 1. The van der Waals surface area contributed by atoms with E-state index in [9.17, 15) is 18.3 Å². The van der Waals surface area contributed by atoms with Crippen molar-refractivity contribution >= 4 is 16.0 Å². The summed E-state index contributed by atoms with van der Waals surface area (Å²) in [6.07, 6.45) is 12.2. The lowest BCUT2D eigenvalue weighted by Gasteiger charge is -2.62. The second-order valence-corrected chi connectivity index (χ2v) is 14.0. The molecule has 1 amide bonds. The summed E-state index contributed by atoms with van der Waals surface area (Å²) in [4.78, 5) is 12.2. The van der Waals surface area contributed by atoms with Crippen molar-refractivity contribution in [3.63, 3.8) is 0 Å². The third-order valence-electron chi connectivity index (χ3n) is 10.9. The smallest absolute Gasteiger partial charge is 0.266 e. The normalized spacial score (nSPS) is 43.8. The van der Waals surface area contributed by atoms with Gasteiger partial charge in [-0.2, -0.15) is 8.42 Å². The Morgan fingerprint density at radius 3 is 2.52 bits per heavy atom. The Balaban J connectivity index is 1.38. The van der Waals surface area contributed by atoms with Gasteiger partial charge in [-0.3, -0.25) is 9.35 Å². The molecule has 0 aromatic heterocycles. The number of rotatable bonds is 7. The summed E-state index contributed by atoms with van der Waals surface area (Å²) < 4.78 is 30.5. The molecule has 0 aromatic carbocycles. The Bertz CT molecular complexity index is 831. The number of hydrogen-bond donors (Lipinski definition) is 3. The highest BCUT2D eigenvalue weighted by atomic mass is 32.2. The lowest BCUT2D eigenvalue weighted by atomic mass is 9.44. The van der Waals surface area contributed by atoms with E-state index in [0.29, 0.717) is 47.3 Å². The summed E-state index contributed by atoms with van der Waals surface area (Å²) in [5.41, 5.74) is 0.647. The van der Waals surface area contributed by atoms with Gasteiger partial charge < -0.3 is 10.4 Å². The lowest BCUT2D eigenvalue weighted by Crippen LogP contribution is -2.57. The molecule has 4 aliphatic carbocycles. The summed E-state index contributed by atoms with van der Waals surface area (Å²) in [6.45, 7) is 7.23. The molecule has 4 saturated carbocycles. The molecule has 0 bridgehead atoms. The second kappa shape index (κ2) is 9.42. The summed E-state index contributed by atoms with van der Waals surface area (Å²) >= 11 is 0. The first-order chi connectivity index (χ1) is 15.5. The average molecular weight is 484 g/mol. The zero-order chi connectivity index (χ0) is 24.0. The van der Waals surface area contributed by atoms with E-state index in [-0.39, 0.29) is 24.0 Å². The fourth-order valence-corrected chi connectivity index (χ4v) is 9.56. The van der Waals surface area contributed by atoms with E-state index in [1.165, 1.54) is 51.4 Å². The molecule has 0 saturated heterocycles. The molecular weight excluding hydrogens is 438 g/mol. The van der Waals surface area contributed by atoms with Crippen LogP contribution in [0.2, 0.25) is 0 Å². The fourth-order valence-electron chi connectivity index (χ4n) is 9.20. The van der Waals surface area contributed by atoms with Gasteiger partial charge in [0.15, 0.2) is 0 Å². The first kappa shape index (κ1) is 25.4. The molecule has 190 valence electrons. The molecular formula is C26H45NO5S. The number of aliphatic hydroxyl groups excluding tert-OH is 1. The molecule has 9 atom stereocenters. The van der Waals surface area contributed by atoms with Crippen molar-refractivity contribution in [1.29, 1.82) is 0 Å². The molecule has 4 aliphatic rings. The molecule has 6 nitrogen and oxygen atoms in total. The maximum Gasteiger partial charge on any atom is 0.266 e. The molecule has 4 rings (SSSR count). The van der Waals surface area contributed by atoms with Gasteiger partial charge in [-0.25, -0.2) is 0 Å². The van der Waals surface area contributed by atoms with E-state index in [4.69, 9.17) is 4.55 Å². The first-order valence-corrected chi connectivity index (χ1v) is 15.0. The van der Waals surface area contributed by atoms with Gasteiger partial charge >= 0.3 is 0 Å². The Kier molecular flexibility index (Phi) is 7.26. The van der Waals surface area contributed by atoms with Crippen molar-refractivity contribution in [3.05, 3.63) is 0 Å². The SMILES string of the molecule is C[C@H](CCC(=O)NCCS(=O)(=O)O)[C@H]1CC[C@H]2[C@@H]3[C@H](O)C[C@@H]4CCCC[C@]4(C)[C@H]3CC[C@]12C. The van der Waals surface area contributed by atoms with Crippen LogP contribution in [0.15, 0.2) is 0 Å². The van der Waals surface area contributed by atoms with Gasteiger partial charge in [0.25, 0.3) is 10.1 Å². The number of aliphatic hydroxyl groups is 1. The van der Waals surface area contributed by atoms with Crippen molar-refractivity contribution in [2.75, 3.05) is 12.3 Å². The second-order valence-electron chi connectivity index (χ2n) is 12.4. The van der Waals surface area contributed by atoms with Gasteiger partial charge in [-0.1, -0.05) is 33.6 Å². The van der Waals surface area contributed by atoms with E-state index < -0.39 is 15.9 Å². The van der Waals surface area contributed by atoms with Crippen LogP contribution >= 0.6 is 0 Å². The van der Waals surface area contributed by atoms with E-state index in [1.54, 1.807) is 0 Å². The van der Waals surface area contributed by atoms with E-state index in [2.05, 4.69) is 26.1 Å². The van der Waals surface area contributed by atoms with Crippen LogP contribution in [0.25, 0.3) is 0 Å². The third-order valence-corrected chi connectivity index (χ3v) is 11.6. The molecule has 0 radical (unpaired) electrons. The zero-order valence-electron chi connectivity index (χ0n) is 20.8. The largest absolute Gasteiger partial charge is 0.393 e. The standard InChI is InChI=1S/C26H45NO5S/c1-17(7-10-23(29)27-14-15-33(30,31)32)19-8-9-20-24-21(11-13-26(19,20)3)25(2)12-5-4-6-18(25)16-22(24)28/h17-22,24,28H,4-16H2,1-3H3,(H,27,29)(H,30,31,32)/t17-,18+,19-,20+,21+,22-,24+,25+,26-/m1/s1. The van der Waals surface area contributed by atoms with Crippen LogP contribution in [0, 0.1) is 46.3 Å². The van der Waals surface area contributed by atoms with Crippen molar-refractivity contribution in [1.82, 2.24) is 5.32 Å². The van der Waals surface area contributed by atoms with Gasteiger partial charge in [-0.05, 0) is 97.7 Å². The highest BCUT2D eigenvalue weighted by molar-refractivity contribution is 7.85. The quantitative estimate of drug-likeness (QED) is 0.465. The first-order valence-electron chi connectivity index (χ1n) is 13.4. The number of fused-ring (bicyclic) bond motifs is 5. The molecule has 0 heterocycles. The maximum atomic E-state index is 12.2. The van der Waals surface area contributed by atoms with Gasteiger partial charge in [0.2, 0.25) is 5.91 Å². The molecule has 4 fully saturated rings. The molecule has 0 spiro atoms. The van der Waals surface area contributed by atoms with Crippen molar-refractivity contribution in [2.45, 2.75) is 97.5 Å². The summed E-state index contributed by atoms with van der Waals surface area (Å²) in [6, 6.07) is 0. The minimum absolute atomic E-state index is 0.0457. The van der Waals surface area contributed by atoms with E-state index in [0.717, 1.165) is 12.8 Å². The summed E-state index contributed by atoms with van der Waals surface area (Å²) in [7, 11) is -4.05.